The summed E-state index contributed by atoms with van der Waals surface area (Å²) in [5.74, 6) is 1.11. The molecule has 0 aliphatic carbocycles. The van der Waals surface area contributed by atoms with Crippen molar-refractivity contribution in [1.82, 2.24) is 0 Å². The number of rotatable bonds is 11. The molecule has 0 radical (unpaired) electrons. The third-order valence-corrected chi connectivity index (χ3v) is 4.06. The molecule has 0 spiro atoms. The van der Waals surface area contributed by atoms with E-state index in [9.17, 15) is 4.79 Å². The standard InChI is InChI=1S/C23H28O5/c1-4-5-19-6-7-20(18-8-10-21(11-9-18)26-13-12-24)16-22(19)27-14-15-28-23(25)17(2)3/h6-11,16,24H,2,4-5,12-15H2,1,3H3. The number of aryl methyl sites for hydroxylation is 1. The fraction of sp³-hybridized carbons (Fsp3) is 0.348. The van der Waals surface area contributed by atoms with E-state index in [0.717, 1.165) is 41.0 Å². The van der Waals surface area contributed by atoms with Crippen LogP contribution in [0.15, 0.2) is 54.6 Å². The summed E-state index contributed by atoms with van der Waals surface area (Å²) in [4.78, 5) is 11.5. The van der Waals surface area contributed by atoms with Crippen LogP contribution in [-0.2, 0) is 16.0 Å². The molecule has 0 atom stereocenters. The van der Waals surface area contributed by atoms with E-state index < -0.39 is 5.97 Å². The van der Waals surface area contributed by atoms with Gasteiger partial charge in [-0.3, -0.25) is 0 Å². The Balaban J connectivity index is 2.08. The average molecular weight is 384 g/mol. The summed E-state index contributed by atoms with van der Waals surface area (Å²) in [5, 5.41) is 8.84. The zero-order valence-electron chi connectivity index (χ0n) is 16.6. The summed E-state index contributed by atoms with van der Waals surface area (Å²) in [5.41, 5.74) is 3.57. The van der Waals surface area contributed by atoms with Crippen molar-refractivity contribution in [3.63, 3.8) is 0 Å². The molecule has 2 aromatic carbocycles. The van der Waals surface area contributed by atoms with Gasteiger partial charge in [0.1, 0.15) is 31.3 Å². The highest BCUT2D eigenvalue weighted by Crippen LogP contribution is 2.29. The Morgan fingerprint density at radius 2 is 1.71 bits per heavy atom. The Kier molecular flexibility index (Phi) is 8.56. The molecule has 5 heteroatoms. The Morgan fingerprint density at radius 1 is 1.00 bits per heavy atom. The topological polar surface area (TPSA) is 65.0 Å². The lowest BCUT2D eigenvalue weighted by molar-refractivity contribution is -0.139. The van der Waals surface area contributed by atoms with E-state index in [0.29, 0.717) is 5.57 Å². The highest BCUT2D eigenvalue weighted by Gasteiger charge is 2.08. The van der Waals surface area contributed by atoms with Crippen LogP contribution in [0.25, 0.3) is 11.1 Å². The van der Waals surface area contributed by atoms with Gasteiger partial charge in [-0.2, -0.15) is 0 Å². The van der Waals surface area contributed by atoms with E-state index in [-0.39, 0.29) is 26.4 Å². The van der Waals surface area contributed by atoms with E-state index in [4.69, 9.17) is 19.3 Å². The second-order valence-electron chi connectivity index (χ2n) is 6.43. The van der Waals surface area contributed by atoms with Crippen LogP contribution in [0.1, 0.15) is 25.8 Å². The third kappa shape index (κ3) is 6.43. The van der Waals surface area contributed by atoms with Crippen molar-refractivity contribution >= 4 is 5.97 Å². The molecular formula is C23H28O5. The number of benzene rings is 2. The minimum atomic E-state index is -0.408. The predicted molar refractivity (Wildman–Crippen MR) is 110 cm³/mol. The van der Waals surface area contributed by atoms with Gasteiger partial charge in [-0.05, 0) is 48.2 Å². The summed E-state index contributed by atoms with van der Waals surface area (Å²) in [6, 6.07) is 13.9. The Labute approximate surface area is 166 Å². The summed E-state index contributed by atoms with van der Waals surface area (Å²) in [6.07, 6.45) is 1.92. The maximum atomic E-state index is 11.5. The second kappa shape index (κ2) is 11.1. The summed E-state index contributed by atoms with van der Waals surface area (Å²) in [6.45, 7) is 8.03. The van der Waals surface area contributed by atoms with E-state index >= 15 is 0 Å². The molecule has 0 heterocycles. The molecule has 0 saturated carbocycles. The van der Waals surface area contributed by atoms with Crippen molar-refractivity contribution in [1.29, 1.82) is 0 Å². The van der Waals surface area contributed by atoms with Crippen LogP contribution in [0, 0.1) is 0 Å². The van der Waals surface area contributed by atoms with E-state index in [1.54, 1.807) is 6.92 Å². The van der Waals surface area contributed by atoms with Crippen molar-refractivity contribution < 1.29 is 24.1 Å². The Bertz CT molecular complexity index is 780. The van der Waals surface area contributed by atoms with Gasteiger partial charge in [-0.25, -0.2) is 4.79 Å². The van der Waals surface area contributed by atoms with Gasteiger partial charge in [0.15, 0.2) is 0 Å². The molecule has 0 amide bonds. The molecule has 0 aliphatic rings. The van der Waals surface area contributed by atoms with Crippen LogP contribution in [0.3, 0.4) is 0 Å². The zero-order chi connectivity index (χ0) is 20.4. The number of aliphatic hydroxyl groups excluding tert-OH is 1. The molecule has 28 heavy (non-hydrogen) atoms. The first-order valence-corrected chi connectivity index (χ1v) is 9.47. The zero-order valence-corrected chi connectivity index (χ0v) is 16.6. The van der Waals surface area contributed by atoms with Crippen molar-refractivity contribution in [2.45, 2.75) is 26.7 Å². The van der Waals surface area contributed by atoms with Crippen LogP contribution in [0.5, 0.6) is 11.5 Å². The van der Waals surface area contributed by atoms with Crippen LogP contribution in [-0.4, -0.2) is 37.5 Å². The highest BCUT2D eigenvalue weighted by molar-refractivity contribution is 5.86. The molecule has 150 valence electrons. The summed E-state index contributed by atoms with van der Waals surface area (Å²) in [7, 11) is 0. The van der Waals surface area contributed by atoms with Gasteiger partial charge in [0, 0.05) is 5.57 Å². The maximum absolute atomic E-state index is 11.5. The van der Waals surface area contributed by atoms with Crippen LogP contribution < -0.4 is 9.47 Å². The third-order valence-electron chi connectivity index (χ3n) is 4.06. The van der Waals surface area contributed by atoms with Crippen LogP contribution in [0.2, 0.25) is 0 Å². The highest BCUT2D eigenvalue weighted by atomic mass is 16.6. The largest absolute Gasteiger partial charge is 0.491 e. The monoisotopic (exact) mass is 384 g/mol. The smallest absolute Gasteiger partial charge is 0.333 e. The SMILES string of the molecule is C=C(C)C(=O)OCCOc1cc(-c2ccc(OCCO)cc2)ccc1CCC. The number of hydrogen-bond donors (Lipinski definition) is 1. The number of carbonyl (C=O) groups excluding carboxylic acids is 1. The van der Waals surface area contributed by atoms with E-state index in [1.165, 1.54) is 0 Å². The van der Waals surface area contributed by atoms with Crippen molar-refractivity contribution in [3.05, 3.63) is 60.2 Å². The molecule has 0 unspecified atom stereocenters. The number of esters is 1. The fourth-order valence-electron chi connectivity index (χ4n) is 2.66. The molecule has 0 saturated heterocycles. The number of ether oxygens (including phenoxy) is 3. The van der Waals surface area contributed by atoms with Crippen molar-refractivity contribution in [2.24, 2.45) is 0 Å². The Morgan fingerprint density at radius 3 is 2.36 bits per heavy atom. The summed E-state index contributed by atoms with van der Waals surface area (Å²) >= 11 is 0. The number of aliphatic hydroxyl groups is 1. The van der Waals surface area contributed by atoms with Gasteiger partial charge in [0.05, 0.1) is 6.61 Å². The second-order valence-corrected chi connectivity index (χ2v) is 6.43. The van der Waals surface area contributed by atoms with Gasteiger partial charge >= 0.3 is 5.97 Å². The lowest BCUT2D eigenvalue weighted by Crippen LogP contribution is -2.13. The van der Waals surface area contributed by atoms with Crippen molar-refractivity contribution in [2.75, 3.05) is 26.4 Å². The minimum absolute atomic E-state index is 0.0109. The lowest BCUT2D eigenvalue weighted by atomic mass is 10.0. The van der Waals surface area contributed by atoms with E-state index in [1.807, 2.05) is 30.3 Å². The van der Waals surface area contributed by atoms with Gasteiger partial charge in [0.25, 0.3) is 0 Å². The molecule has 0 aliphatic heterocycles. The Hall–Kier alpha value is -2.79. The number of carbonyl (C=O) groups is 1. The molecule has 2 aromatic rings. The molecule has 1 N–H and O–H groups in total. The van der Waals surface area contributed by atoms with Gasteiger partial charge < -0.3 is 19.3 Å². The van der Waals surface area contributed by atoms with Crippen molar-refractivity contribution in [3.8, 4) is 22.6 Å². The van der Waals surface area contributed by atoms with E-state index in [2.05, 4.69) is 25.6 Å². The predicted octanol–water partition coefficient (Wildman–Crippen LogP) is 4.18. The van der Waals surface area contributed by atoms with Gasteiger partial charge in [-0.1, -0.05) is 44.2 Å². The molecule has 5 nitrogen and oxygen atoms in total. The molecule has 0 aromatic heterocycles. The average Bonchev–Trinajstić information content (AvgIpc) is 2.71. The first kappa shape index (κ1) is 21.5. The number of hydrogen-bond acceptors (Lipinski definition) is 5. The quantitative estimate of drug-likeness (QED) is 0.358. The fourth-order valence-corrected chi connectivity index (χ4v) is 2.66. The van der Waals surface area contributed by atoms with Crippen LogP contribution >= 0.6 is 0 Å². The van der Waals surface area contributed by atoms with Crippen LogP contribution in [0.4, 0.5) is 0 Å². The van der Waals surface area contributed by atoms with Gasteiger partial charge in [0.2, 0.25) is 0 Å². The summed E-state index contributed by atoms with van der Waals surface area (Å²) < 4.78 is 16.4. The molecule has 0 fully saturated rings. The molecular weight excluding hydrogens is 356 g/mol. The molecule has 2 rings (SSSR count). The first-order chi connectivity index (χ1) is 13.5. The lowest BCUT2D eigenvalue weighted by Gasteiger charge is -2.14. The van der Waals surface area contributed by atoms with Gasteiger partial charge in [-0.15, -0.1) is 0 Å². The maximum Gasteiger partial charge on any atom is 0.333 e. The first-order valence-electron chi connectivity index (χ1n) is 9.47. The molecule has 0 bridgehead atoms. The normalized spacial score (nSPS) is 10.4. The minimum Gasteiger partial charge on any atom is -0.491 e.